The van der Waals surface area contributed by atoms with Crippen LogP contribution in [0.3, 0.4) is 0 Å². The number of primary sulfonamides is 1. The van der Waals surface area contributed by atoms with Crippen molar-refractivity contribution in [3.8, 4) is 0 Å². The van der Waals surface area contributed by atoms with Crippen LogP contribution in [0, 0.1) is 17.8 Å². The van der Waals surface area contributed by atoms with E-state index < -0.39 is 10.0 Å². The SMILES string of the molecule is NS(=O)(=O)CC1CC2CCCC21. The molecule has 0 spiro atoms. The first-order chi connectivity index (χ1) is 5.56. The lowest BCUT2D eigenvalue weighted by molar-refractivity contribution is 0.123. The van der Waals surface area contributed by atoms with Gasteiger partial charge < -0.3 is 0 Å². The third-order valence-corrected chi connectivity index (χ3v) is 4.27. The van der Waals surface area contributed by atoms with Crippen LogP contribution in [-0.4, -0.2) is 14.2 Å². The largest absolute Gasteiger partial charge is 0.229 e. The molecule has 0 heterocycles. The van der Waals surface area contributed by atoms with E-state index >= 15 is 0 Å². The van der Waals surface area contributed by atoms with Crippen LogP contribution in [0.4, 0.5) is 0 Å². The molecule has 12 heavy (non-hydrogen) atoms. The Morgan fingerprint density at radius 1 is 1.33 bits per heavy atom. The van der Waals surface area contributed by atoms with Gasteiger partial charge in [0.1, 0.15) is 0 Å². The van der Waals surface area contributed by atoms with Gasteiger partial charge in [-0.15, -0.1) is 0 Å². The van der Waals surface area contributed by atoms with E-state index in [4.69, 9.17) is 5.14 Å². The summed E-state index contributed by atoms with van der Waals surface area (Å²) in [4.78, 5) is 0. The second kappa shape index (κ2) is 2.70. The zero-order chi connectivity index (χ0) is 8.77. The van der Waals surface area contributed by atoms with Gasteiger partial charge in [0.25, 0.3) is 0 Å². The van der Waals surface area contributed by atoms with E-state index in [0.717, 1.165) is 12.3 Å². The molecule has 2 rings (SSSR count). The summed E-state index contributed by atoms with van der Waals surface area (Å²) < 4.78 is 21.6. The van der Waals surface area contributed by atoms with Crippen LogP contribution >= 0.6 is 0 Å². The third-order valence-electron chi connectivity index (χ3n) is 3.38. The molecule has 4 heteroatoms. The van der Waals surface area contributed by atoms with Gasteiger partial charge in [0.15, 0.2) is 0 Å². The highest BCUT2D eigenvalue weighted by Crippen LogP contribution is 2.51. The lowest BCUT2D eigenvalue weighted by Gasteiger charge is -2.39. The minimum absolute atomic E-state index is 0.216. The molecule has 0 aromatic rings. The average Bonchev–Trinajstić information content (AvgIpc) is 2.24. The molecule has 0 amide bonds. The summed E-state index contributed by atoms with van der Waals surface area (Å²) in [6, 6.07) is 0. The van der Waals surface area contributed by atoms with Crippen LogP contribution in [0.5, 0.6) is 0 Å². The molecule has 3 nitrogen and oxygen atoms in total. The smallest absolute Gasteiger partial charge is 0.209 e. The fourth-order valence-corrected chi connectivity index (χ4v) is 3.82. The van der Waals surface area contributed by atoms with Gasteiger partial charge >= 0.3 is 0 Å². The summed E-state index contributed by atoms with van der Waals surface area (Å²) in [5.74, 6) is 2.11. The van der Waals surface area contributed by atoms with Crippen molar-refractivity contribution >= 4 is 10.0 Å². The van der Waals surface area contributed by atoms with E-state index in [2.05, 4.69) is 0 Å². The van der Waals surface area contributed by atoms with Crippen molar-refractivity contribution in [1.29, 1.82) is 0 Å². The Morgan fingerprint density at radius 2 is 2.08 bits per heavy atom. The van der Waals surface area contributed by atoms with Crippen LogP contribution in [0.15, 0.2) is 0 Å². The number of sulfonamides is 1. The van der Waals surface area contributed by atoms with Crippen molar-refractivity contribution in [3.63, 3.8) is 0 Å². The van der Waals surface area contributed by atoms with E-state index in [1.807, 2.05) is 0 Å². The summed E-state index contributed by atoms with van der Waals surface area (Å²) in [5.41, 5.74) is 0. The predicted molar refractivity (Wildman–Crippen MR) is 46.9 cm³/mol. The lowest BCUT2D eigenvalue weighted by Crippen LogP contribution is -2.39. The van der Waals surface area contributed by atoms with E-state index in [-0.39, 0.29) is 5.75 Å². The van der Waals surface area contributed by atoms with Gasteiger partial charge in [-0.25, -0.2) is 13.6 Å². The minimum atomic E-state index is -3.22. The Morgan fingerprint density at radius 3 is 2.67 bits per heavy atom. The molecule has 0 aromatic carbocycles. The summed E-state index contributed by atoms with van der Waals surface area (Å²) in [6.07, 6.45) is 4.92. The summed E-state index contributed by atoms with van der Waals surface area (Å²) in [5, 5.41) is 5.00. The second-order valence-electron chi connectivity index (χ2n) is 4.18. The van der Waals surface area contributed by atoms with Crippen molar-refractivity contribution in [3.05, 3.63) is 0 Å². The molecule has 3 unspecified atom stereocenters. The average molecular weight is 189 g/mol. The van der Waals surface area contributed by atoms with Gasteiger partial charge in [-0.1, -0.05) is 12.8 Å². The lowest BCUT2D eigenvalue weighted by atomic mass is 9.68. The van der Waals surface area contributed by atoms with E-state index in [1.165, 1.54) is 19.3 Å². The van der Waals surface area contributed by atoms with Crippen molar-refractivity contribution in [2.75, 3.05) is 5.75 Å². The summed E-state index contributed by atoms with van der Waals surface area (Å²) in [6.45, 7) is 0. The second-order valence-corrected chi connectivity index (χ2v) is 5.84. The van der Waals surface area contributed by atoms with E-state index in [9.17, 15) is 8.42 Å². The van der Waals surface area contributed by atoms with Crippen molar-refractivity contribution in [2.45, 2.75) is 25.7 Å². The molecule has 0 aromatic heterocycles. The normalized spacial score (nSPS) is 40.6. The highest BCUT2D eigenvalue weighted by molar-refractivity contribution is 7.89. The number of fused-ring (bicyclic) bond motifs is 1. The monoisotopic (exact) mass is 189 g/mol. The molecule has 3 atom stereocenters. The maximum Gasteiger partial charge on any atom is 0.209 e. The molecule has 2 fully saturated rings. The van der Waals surface area contributed by atoms with Gasteiger partial charge in [-0.2, -0.15) is 0 Å². The quantitative estimate of drug-likeness (QED) is 0.695. The molecule has 2 aliphatic rings. The molecule has 0 aliphatic heterocycles. The fraction of sp³-hybridized carbons (Fsp3) is 1.00. The first kappa shape index (κ1) is 8.51. The molecule has 0 radical (unpaired) electrons. The first-order valence-electron chi connectivity index (χ1n) is 4.57. The zero-order valence-corrected chi connectivity index (χ0v) is 7.89. The summed E-state index contributed by atoms with van der Waals surface area (Å²) >= 11 is 0. The first-order valence-corrected chi connectivity index (χ1v) is 6.28. The molecule has 2 saturated carbocycles. The summed E-state index contributed by atoms with van der Waals surface area (Å²) in [7, 11) is -3.22. The van der Waals surface area contributed by atoms with Gasteiger partial charge in [0, 0.05) is 0 Å². The minimum Gasteiger partial charge on any atom is -0.229 e. The highest BCUT2D eigenvalue weighted by Gasteiger charge is 2.44. The van der Waals surface area contributed by atoms with Crippen molar-refractivity contribution in [2.24, 2.45) is 22.9 Å². The number of rotatable bonds is 2. The number of hydrogen-bond acceptors (Lipinski definition) is 2. The Bertz CT molecular complexity index is 273. The Kier molecular flexibility index (Phi) is 1.92. The van der Waals surface area contributed by atoms with Crippen LogP contribution in [0.2, 0.25) is 0 Å². The van der Waals surface area contributed by atoms with Gasteiger partial charge in [0.05, 0.1) is 5.75 Å². The third kappa shape index (κ3) is 1.50. The molecule has 0 saturated heterocycles. The molecular formula is C8H15NO2S. The van der Waals surface area contributed by atoms with Gasteiger partial charge in [0.2, 0.25) is 10.0 Å². The maximum atomic E-state index is 10.8. The standard InChI is InChI=1S/C8H15NO2S/c9-12(10,11)5-7-4-6-2-1-3-8(6)7/h6-8H,1-5H2,(H2,9,10,11). The maximum absolute atomic E-state index is 10.8. The van der Waals surface area contributed by atoms with Crippen LogP contribution < -0.4 is 5.14 Å². The molecule has 0 bridgehead atoms. The van der Waals surface area contributed by atoms with Crippen molar-refractivity contribution < 1.29 is 8.42 Å². The molecule has 70 valence electrons. The highest BCUT2D eigenvalue weighted by atomic mass is 32.2. The van der Waals surface area contributed by atoms with E-state index in [1.54, 1.807) is 0 Å². The van der Waals surface area contributed by atoms with Crippen LogP contribution in [-0.2, 0) is 10.0 Å². The van der Waals surface area contributed by atoms with Gasteiger partial charge in [-0.05, 0) is 30.6 Å². The number of nitrogens with two attached hydrogens (primary N) is 1. The van der Waals surface area contributed by atoms with Crippen molar-refractivity contribution in [1.82, 2.24) is 0 Å². The predicted octanol–water partition coefficient (Wildman–Crippen LogP) is 0.711. The Labute approximate surface area is 73.4 Å². The Balaban J connectivity index is 1.93. The number of hydrogen-bond donors (Lipinski definition) is 1. The zero-order valence-electron chi connectivity index (χ0n) is 7.07. The van der Waals surface area contributed by atoms with Gasteiger partial charge in [-0.3, -0.25) is 0 Å². The molecular weight excluding hydrogens is 174 g/mol. The van der Waals surface area contributed by atoms with E-state index in [0.29, 0.717) is 11.8 Å². The fourth-order valence-electron chi connectivity index (χ4n) is 2.84. The Hall–Kier alpha value is -0.0900. The molecule has 2 aliphatic carbocycles. The van der Waals surface area contributed by atoms with Crippen LogP contribution in [0.25, 0.3) is 0 Å². The topological polar surface area (TPSA) is 60.2 Å². The van der Waals surface area contributed by atoms with Crippen LogP contribution in [0.1, 0.15) is 25.7 Å². The molecule has 2 N–H and O–H groups in total.